The lowest BCUT2D eigenvalue weighted by molar-refractivity contribution is 0.0688. The van der Waals surface area contributed by atoms with Gasteiger partial charge in [0.1, 0.15) is 10.6 Å². The van der Waals surface area contributed by atoms with Gasteiger partial charge in [-0.05, 0) is 26.0 Å². The molecule has 0 aliphatic heterocycles. The summed E-state index contributed by atoms with van der Waals surface area (Å²) >= 11 is 1.25. The van der Waals surface area contributed by atoms with Gasteiger partial charge in [-0.2, -0.15) is 0 Å². The summed E-state index contributed by atoms with van der Waals surface area (Å²) in [4.78, 5) is 18.7. The first-order chi connectivity index (χ1) is 10.1. The Hall–Kier alpha value is -1.70. The number of amides is 1. The van der Waals surface area contributed by atoms with E-state index in [9.17, 15) is 4.79 Å². The maximum absolute atomic E-state index is 12.4. The first-order valence-electron chi connectivity index (χ1n) is 6.62. The molecule has 0 atom stereocenters. The van der Waals surface area contributed by atoms with Crippen LogP contribution in [0.2, 0.25) is 0 Å². The third kappa shape index (κ3) is 3.49. The quantitative estimate of drug-likeness (QED) is 0.843. The number of aliphatic hydroxyl groups is 2. The Morgan fingerprint density at radius 2 is 1.95 bits per heavy atom. The largest absolute Gasteiger partial charge is 0.459 e. The topological polar surface area (TPSA) is 86.8 Å². The van der Waals surface area contributed by atoms with Crippen LogP contribution < -0.4 is 0 Å². The number of carbonyl (C=O) groups is 1. The predicted octanol–water partition coefficient (Wildman–Crippen LogP) is 1.45. The molecule has 21 heavy (non-hydrogen) atoms. The summed E-state index contributed by atoms with van der Waals surface area (Å²) in [5.74, 6) is 1.19. The molecule has 0 aromatic carbocycles. The van der Waals surface area contributed by atoms with Crippen LogP contribution in [0.3, 0.4) is 0 Å². The van der Waals surface area contributed by atoms with Crippen LogP contribution in [0.1, 0.15) is 21.1 Å². The zero-order valence-corrected chi connectivity index (χ0v) is 12.8. The summed E-state index contributed by atoms with van der Waals surface area (Å²) in [7, 11) is 0. The van der Waals surface area contributed by atoms with Crippen molar-refractivity contribution in [2.75, 3.05) is 26.3 Å². The van der Waals surface area contributed by atoms with Gasteiger partial charge in [-0.3, -0.25) is 4.79 Å². The lowest BCUT2D eigenvalue weighted by atomic mass is 10.3. The van der Waals surface area contributed by atoms with E-state index in [0.717, 1.165) is 5.76 Å². The Morgan fingerprint density at radius 3 is 2.48 bits per heavy atom. The second-order valence-corrected chi connectivity index (χ2v) is 5.58. The zero-order valence-electron chi connectivity index (χ0n) is 12.0. The van der Waals surface area contributed by atoms with Crippen LogP contribution in [0.4, 0.5) is 0 Å². The molecule has 2 aromatic rings. The Kier molecular flexibility index (Phi) is 5.11. The molecule has 0 bridgehead atoms. The van der Waals surface area contributed by atoms with Crippen molar-refractivity contribution in [3.8, 4) is 10.8 Å². The SMILES string of the molecule is Cc1ccc(-c2nc(C)c(C(=O)N(CCO)CCO)s2)o1. The summed E-state index contributed by atoms with van der Waals surface area (Å²) < 4.78 is 5.52. The van der Waals surface area contributed by atoms with Gasteiger partial charge in [0.2, 0.25) is 0 Å². The fourth-order valence-electron chi connectivity index (χ4n) is 1.95. The molecule has 0 fully saturated rings. The molecule has 2 N–H and O–H groups in total. The Bertz CT molecular complexity index is 614. The molecule has 0 aliphatic rings. The van der Waals surface area contributed by atoms with Crippen molar-refractivity contribution >= 4 is 17.2 Å². The van der Waals surface area contributed by atoms with E-state index in [4.69, 9.17) is 14.6 Å². The minimum atomic E-state index is -0.234. The minimum absolute atomic E-state index is 0.145. The second-order valence-electron chi connectivity index (χ2n) is 4.58. The summed E-state index contributed by atoms with van der Waals surface area (Å²) in [6.07, 6.45) is 0. The number of rotatable bonds is 6. The molecule has 0 radical (unpaired) electrons. The Labute approximate surface area is 126 Å². The highest BCUT2D eigenvalue weighted by Crippen LogP contribution is 2.30. The van der Waals surface area contributed by atoms with Gasteiger partial charge in [-0.1, -0.05) is 0 Å². The predicted molar refractivity (Wildman–Crippen MR) is 79.4 cm³/mol. The molecule has 2 aromatic heterocycles. The van der Waals surface area contributed by atoms with Gasteiger partial charge in [0, 0.05) is 13.1 Å². The second kappa shape index (κ2) is 6.84. The Morgan fingerprint density at radius 1 is 1.29 bits per heavy atom. The monoisotopic (exact) mass is 310 g/mol. The first-order valence-corrected chi connectivity index (χ1v) is 7.43. The van der Waals surface area contributed by atoms with Crippen molar-refractivity contribution in [3.05, 3.63) is 28.5 Å². The van der Waals surface area contributed by atoms with Gasteiger partial charge < -0.3 is 19.5 Å². The fourth-order valence-corrected chi connectivity index (χ4v) is 2.95. The maximum Gasteiger partial charge on any atom is 0.266 e. The number of furan rings is 1. The van der Waals surface area contributed by atoms with Crippen molar-refractivity contribution in [2.45, 2.75) is 13.8 Å². The lowest BCUT2D eigenvalue weighted by Crippen LogP contribution is -2.35. The number of carbonyl (C=O) groups excluding carboxylic acids is 1. The molecular formula is C14H18N2O4S. The smallest absolute Gasteiger partial charge is 0.266 e. The van der Waals surface area contributed by atoms with Gasteiger partial charge in [0.15, 0.2) is 10.8 Å². The number of hydrogen-bond acceptors (Lipinski definition) is 6. The van der Waals surface area contributed by atoms with E-state index in [1.165, 1.54) is 16.2 Å². The summed E-state index contributed by atoms with van der Waals surface area (Å²) in [6.45, 7) is 3.69. The standard InChI is InChI=1S/C14H18N2O4S/c1-9-3-4-11(20-9)13-15-10(2)12(21-13)14(19)16(5-7-17)6-8-18/h3-4,17-18H,5-8H2,1-2H3. The fraction of sp³-hybridized carbons (Fsp3) is 0.429. The van der Waals surface area contributed by atoms with Crippen LogP contribution in [-0.4, -0.2) is 52.3 Å². The van der Waals surface area contributed by atoms with Crippen LogP contribution in [0.15, 0.2) is 16.5 Å². The van der Waals surface area contributed by atoms with Crippen molar-refractivity contribution in [2.24, 2.45) is 0 Å². The van der Waals surface area contributed by atoms with Crippen LogP contribution in [0.25, 0.3) is 10.8 Å². The molecule has 0 spiro atoms. The molecule has 0 saturated heterocycles. The van der Waals surface area contributed by atoms with Gasteiger partial charge in [-0.15, -0.1) is 11.3 Å². The van der Waals surface area contributed by atoms with Crippen molar-refractivity contribution in [3.63, 3.8) is 0 Å². The highest BCUT2D eigenvalue weighted by molar-refractivity contribution is 7.17. The molecule has 0 unspecified atom stereocenters. The zero-order chi connectivity index (χ0) is 15.4. The Balaban J connectivity index is 2.27. The third-order valence-electron chi connectivity index (χ3n) is 2.97. The van der Waals surface area contributed by atoms with Crippen LogP contribution in [0, 0.1) is 13.8 Å². The molecule has 2 heterocycles. The summed E-state index contributed by atoms with van der Waals surface area (Å²) in [5, 5.41) is 18.7. The molecular weight excluding hydrogens is 292 g/mol. The van der Waals surface area contributed by atoms with E-state index in [1.807, 2.05) is 19.1 Å². The van der Waals surface area contributed by atoms with E-state index >= 15 is 0 Å². The van der Waals surface area contributed by atoms with Gasteiger partial charge in [0.25, 0.3) is 5.91 Å². The molecule has 0 aliphatic carbocycles. The molecule has 2 rings (SSSR count). The average molecular weight is 310 g/mol. The van der Waals surface area contributed by atoms with Crippen LogP contribution >= 0.6 is 11.3 Å². The van der Waals surface area contributed by atoms with E-state index in [1.54, 1.807) is 6.92 Å². The number of aromatic nitrogens is 1. The minimum Gasteiger partial charge on any atom is -0.459 e. The molecule has 7 heteroatoms. The maximum atomic E-state index is 12.4. The number of aliphatic hydroxyl groups excluding tert-OH is 2. The van der Waals surface area contributed by atoms with Crippen LogP contribution in [-0.2, 0) is 0 Å². The van der Waals surface area contributed by atoms with Gasteiger partial charge in [-0.25, -0.2) is 4.98 Å². The van der Waals surface area contributed by atoms with Gasteiger partial charge >= 0.3 is 0 Å². The van der Waals surface area contributed by atoms with Crippen molar-refractivity contribution in [1.29, 1.82) is 0 Å². The highest BCUT2D eigenvalue weighted by atomic mass is 32.1. The van der Waals surface area contributed by atoms with Crippen molar-refractivity contribution in [1.82, 2.24) is 9.88 Å². The molecule has 6 nitrogen and oxygen atoms in total. The lowest BCUT2D eigenvalue weighted by Gasteiger charge is -2.19. The normalized spacial score (nSPS) is 10.9. The first kappa shape index (κ1) is 15.7. The van der Waals surface area contributed by atoms with Crippen LogP contribution in [0.5, 0.6) is 0 Å². The number of aryl methyl sites for hydroxylation is 2. The molecule has 0 saturated carbocycles. The average Bonchev–Trinajstić information content (AvgIpc) is 3.04. The van der Waals surface area contributed by atoms with E-state index in [0.29, 0.717) is 21.3 Å². The molecule has 114 valence electrons. The third-order valence-corrected chi connectivity index (χ3v) is 4.13. The van der Waals surface area contributed by atoms with Gasteiger partial charge in [0.05, 0.1) is 18.9 Å². The highest BCUT2D eigenvalue weighted by Gasteiger charge is 2.22. The van der Waals surface area contributed by atoms with E-state index in [-0.39, 0.29) is 32.2 Å². The van der Waals surface area contributed by atoms with E-state index < -0.39 is 0 Å². The number of nitrogens with zero attached hydrogens (tertiary/aromatic N) is 2. The van der Waals surface area contributed by atoms with Crippen molar-refractivity contribution < 1.29 is 19.4 Å². The number of hydrogen-bond donors (Lipinski definition) is 2. The summed E-state index contributed by atoms with van der Waals surface area (Å²) in [6, 6.07) is 3.67. The number of thiazole rings is 1. The summed E-state index contributed by atoms with van der Waals surface area (Å²) in [5.41, 5.74) is 0.620. The van der Waals surface area contributed by atoms with E-state index in [2.05, 4.69) is 4.98 Å². The molecule has 1 amide bonds.